The Kier molecular flexibility index (Phi) is 1.79. The fourth-order valence-corrected chi connectivity index (χ4v) is 1.65. The van der Waals surface area contributed by atoms with Crippen LogP contribution in [0.3, 0.4) is 0 Å². The van der Waals surface area contributed by atoms with Gasteiger partial charge in [-0.25, -0.2) is 4.39 Å². The third-order valence-electron chi connectivity index (χ3n) is 2.25. The molecule has 0 aliphatic rings. The number of rotatable bonds is 1. The maximum atomic E-state index is 12.8. The summed E-state index contributed by atoms with van der Waals surface area (Å²) in [5.74, 6) is -0.228. The Bertz CT molecular complexity index is 445. The second-order valence-electron chi connectivity index (χ2n) is 3.09. The topological polar surface area (TPSA) is 17.8 Å². The lowest BCUT2D eigenvalue weighted by molar-refractivity contribution is 0.629. The minimum Gasteiger partial charge on any atom is -0.271 e. The van der Waals surface area contributed by atoms with Crippen molar-refractivity contribution in [3.63, 3.8) is 0 Å². The maximum Gasteiger partial charge on any atom is 0.125 e. The van der Waals surface area contributed by atoms with Crippen molar-refractivity contribution in [1.82, 2.24) is 9.78 Å². The van der Waals surface area contributed by atoms with Crippen molar-refractivity contribution in [2.24, 2.45) is 7.05 Å². The summed E-state index contributed by atoms with van der Waals surface area (Å²) in [4.78, 5) is 0. The molecule has 1 heterocycles. The summed E-state index contributed by atoms with van der Waals surface area (Å²) in [5, 5.41) is 5.27. The van der Waals surface area contributed by atoms with Crippen LogP contribution >= 0.6 is 0 Å². The van der Waals surface area contributed by atoms with Crippen LogP contribution in [0.15, 0.2) is 18.2 Å². The number of hydrogen-bond acceptors (Lipinski definition) is 1. The van der Waals surface area contributed by atoms with Gasteiger partial charge < -0.3 is 0 Å². The minimum atomic E-state index is -0.228. The largest absolute Gasteiger partial charge is 0.271 e. The molecule has 0 N–H and O–H groups in total. The minimum absolute atomic E-state index is 0.228. The molecule has 0 saturated heterocycles. The van der Waals surface area contributed by atoms with E-state index in [1.165, 1.54) is 12.1 Å². The van der Waals surface area contributed by atoms with Crippen molar-refractivity contribution in [1.29, 1.82) is 0 Å². The Morgan fingerprint density at radius 2 is 2.23 bits per heavy atom. The van der Waals surface area contributed by atoms with E-state index in [1.54, 1.807) is 6.07 Å². The molecule has 0 spiro atoms. The van der Waals surface area contributed by atoms with Gasteiger partial charge in [0.05, 0.1) is 5.52 Å². The van der Waals surface area contributed by atoms with E-state index in [-0.39, 0.29) is 5.82 Å². The summed E-state index contributed by atoms with van der Waals surface area (Å²) in [6.07, 6.45) is 0.915. The highest BCUT2D eigenvalue weighted by atomic mass is 19.1. The average molecular weight is 178 g/mol. The van der Waals surface area contributed by atoms with Crippen molar-refractivity contribution in [3.8, 4) is 0 Å². The summed E-state index contributed by atoms with van der Waals surface area (Å²) < 4.78 is 14.6. The molecule has 0 atom stereocenters. The highest BCUT2D eigenvalue weighted by Gasteiger charge is 2.06. The van der Waals surface area contributed by atoms with E-state index in [9.17, 15) is 4.39 Å². The molecule has 13 heavy (non-hydrogen) atoms. The summed E-state index contributed by atoms with van der Waals surface area (Å²) in [6, 6.07) is 4.73. The van der Waals surface area contributed by atoms with Crippen LogP contribution in [0.2, 0.25) is 0 Å². The highest BCUT2D eigenvalue weighted by Crippen LogP contribution is 2.18. The molecule has 0 radical (unpaired) electrons. The number of halogens is 1. The maximum absolute atomic E-state index is 12.8. The van der Waals surface area contributed by atoms with Gasteiger partial charge >= 0.3 is 0 Å². The molecule has 2 aromatic rings. The predicted molar refractivity (Wildman–Crippen MR) is 50.1 cm³/mol. The SMILES string of the molecule is CCc1c2ccc(F)cc2nn1C. The zero-order valence-corrected chi connectivity index (χ0v) is 7.71. The fourth-order valence-electron chi connectivity index (χ4n) is 1.65. The van der Waals surface area contributed by atoms with Crippen molar-refractivity contribution in [3.05, 3.63) is 29.7 Å². The molecule has 0 amide bonds. The first-order valence-corrected chi connectivity index (χ1v) is 4.33. The molecule has 0 aliphatic carbocycles. The van der Waals surface area contributed by atoms with Gasteiger partial charge in [-0.1, -0.05) is 6.92 Å². The van der Waals surface area contributed by atoms with Crippen LogP contribution in [0.4, 0.5) is 4.39 Å². The molecule has 3 heteroatoms. The first kappa shape index (κ1) is 8.23. The van der Waals surface area contributed by atoms with E-state index < -0.39 is 0 Å². The molecule has 0 aliphatic heterocycles. The molecule has 2 rings (SSSR count). The van der Waals surface area contributed by atoms with Crippen LogP contribution in [0.1, 0.15) is 12.6 Å². The van der Waals surface area contributed by atoms with Gasteiger partial charge in [-0.15, -0.1) is 0 Å². The van der Waals surface area contributed by atoms with E-state index in [2.05, 4.69) is 12.0 Å². The second kappa shape index (κ2) is 2.83. The van der Waals surface area contributed by atoms with Crippen LogP contribution in [0, 0.1) is 5.82 Å². The zero-order valence-electron chi connectivity index (χ0n) is 7.71. The van der Waals surface area contributed by atoms with Crippen LogP contribution in [-0.4, -0.2) is 9.78 Å². The van der Waals surface area contributed by atoms with Crippen LogP contribution in [-0.2, 0) is 13.5 Å². The third-order valence-corrected chi connectivity index (χ3v) is 2.25. The Hall–Kier alpha value is -1.38. The van der Waals surface area contributed by atoms with E-state index in [4.69, 9.17) is 0 Å². The quantitative estimate of drug-likeness (QED) is 0.655. The fraction of sp³-hybridized carbons (Fsp3) is 0.300. The van der Waals surface area contributed by atoms with E-state index in [1.807, 2.05) is 11.7 Å². The van der Waals surface area contributed by atoms with E-state index in [0.717, 1.165) is 23.0 Å². The lowest BCUT2D eigenvalue weighted by Crippen LogP contribution is -1.95. The van der Waals surface area contributed by atoms with Crippen molar-refractivity contribution >= 4 is 10.9 Å². The van der Waals surface area contributed by atoms with Gasteiger partial charge in [0.15, 0.2) is 0 Å². The number of hydrogen-bond donors (Lipinski definition) is 0. The van der Waals surface area contributed by atoms with E-state index in [0.29, 0.717) is 0 Å². The highest BCUT2D eigenvalue weighted by molar-refractivity contribution is 5.81. The number of aryl methyl sites for hydroxylation is 2. The molecule has 1 aromatic carbocycles. The molecule has 2 nitrogen and oxygen atoms in total. The number of aromatic nitrogens is 2. The van der Waals surface area contributed by atoms with Gasteiger partial charge in [0.2, 0.25) is 0 Å². The van der Waals surface area contributed by atoms with Gasteiger partial charge in [0.1, 0.15) is 5.82 Å². The molecular weight excluding hydrogens is 167 g/mol. The average Bonchev–Trinajstić information content (AvgIpc) is 2.39. The first-order valence-electron chi connectivity index (χ1n) is 4.33. The van der Waals surface area contributed by atoms with Gasteiger partial charge in [-0.3, -0.25) is 4.68 Å². The molecule has 0 saturated carbocycles. The Labute approximate surface area is 76.0 Å². The van der Waals surface area contributed by atoms with Crippen molar-refractivity contribution in [2.45, 2.75) is 13.3 Å². The zero-order chi connectivity index (χ0) is 9.42. The standard InChI is InChI=1S/C10H11FN2/c1-3-10-8-5-4-7(11)6-9(8)12-13(10)2/h4-6H,3H2,1-2H3. The molecular formula is C10H11FN2. The molecule has 0 bridgehead atoms. The summed E-state index contributed by atoms with van der Waals surface area (Å²) >= 11 is 0. The van der Waals surface area contributed by atoms with Crippen molar-refractivity contribution in [2.75, 3.05) is 0 Å². The second-order valence-corrected chi connectivity index (χ2v) is 3.09. The number of nitrogens with zero attached hydrogens (tertiary/aromatic N) is 2. The van der Waals surface area contributed by atoms with Crippen LogP contribution in [0.25, 0.3) is 10.9 Å². The molecule has 0 unspecified atom stereocenters. The van der Waals surface area contributed by atoms with Gasteiger partial charge in [-0.05, 0) is 18.6 Å². The third kappa shape index (κ3) is 1.20. The first-order chi connectivity index (χ1) is 6.22. The number of fused-ring (bicyclic) bond motifs is 1. The molecule has 68 valence electrons. The summed E-state index contributed by atoms with van der Waals surface area (Å²) in [7, 11) is 1.89. The van der Waals surface area contributed by atoms with Crippen molar-refractivity contribution < 1.29 is 4.39 Å². The Balaban J connectivity index is 2.79. The monoisotopic (exact) mass is 178 g/mol. The van der Waals surface area contributed by atoms with Gasteiger partial charge in [0, 0.05) is 24.2 Å². The van der Waals surface area contributed by atoms with Crippen LogP contribution in [0.5, 0.6) is 0 Å². The Morgan fingerprint density at radius 1 is 1.46 bits per heavy atom. The van der Waals surface area contributed by atoms with Gasteiger partial charge in [0.25, 0.3) is 0 Å². The smallest absolute Gasteiger partial charge is 0.125 e. The summed E-state index contributed by atoms with van der Waals surface area (Å²) in [6.45, 7) is 2.07. The molecule has 0 fully saturated rings. The summed E-state index contributed by atoms with van der Waals surface area (Å²) in [5.41, 5.74) is 1.88. The normalized spacial score (nSPS) is 11.0. The lowest BCUT2D eigenvalue weighted by atomic mass is 10.2. The molecule has 1 aromatic heterocycles. The van der Waals surface area contributed by atoms with Gasteiger partial charge in [-0.2, -0.15) is 5.10 Å². The Morgan fingerprint density at radius 3 is 2.92 bits per heavy atom. The lowest BCUT2D eigenvalue weighted by Gasteiger charge is -1.95. The predicted octanol–water partition coefficient (Wildman–Crippen LogP) is 2.27. The van der Waals surface area contributed by atoms with Crippen LogP contribution < -0.4 is 0 Å². The number of benzene rings is 1. The van der Waals surface area contributed by atoms with E-state index >= 15 is 0 Å².